The van der Waals surface area contributed by atoms with Crippen molar-refractivity contribution in [2.75, 3.05) is 37.8 Å². The Morgan fingerprint density at radius 1 is 1.07 bits per heavy atom. The van der Waals surface area contributed by atoms with Crippen molar-refractivity contribution >= 4 is 33.2 Å². The molecule has 10 heteroatoms. The molecule has 4 atom stereocenters. The van der Waals surface area contributed by atoms with Gasteiger partial charge in [0.1, 0.15) is 17.0 Å². The highest BCUT2D eigenvalue weighted by Gasteiger charge is 2.56. The maximum atomic E-state index is 13.5. The lowest BCUT2D eigenvalue weighted by Crippen LogP contribution is -2.50. The minimum Gasteiger partial charge on any atom is -0.490 e. The Hall–Kier alpha value is -2.59. The first-order valence-electron chi connectivity index (χ1n) is 14.8. The summed E-state index contributed by atoms with van der Waals surface area (Å²) in [5, 5.41) is 0.735. The quantitative estimate of drug-likeness (QED) is 0.338. The summed E-state index contributed by atoms with van der Waals surface area (Å²) in [6.07, 6.45) is 9.10. The molecule has 7 rings (SSSR count). The first-order valence-corrected chi connectivity index (χ1v) is 16.7. The number of epoxide rings is 1. The molecule has 42 heavy (non-hydrogen) atoms. The fourth-order valence-corrected chi connectivity index (χ4v) is 8.68. The standard InChI is InChI=1S/C32H37ClN2O6S/c1-30(2)29(36)34-42(37,38)24-8-11-28-27(16-24)35(17-22-6-9-26(22)32(20-41-32)13-4-14-40-30)18-31(19-39-28)12-3-5-21-15-23(33)7-10-25(21)31/h4,7-8,10-11,13,15-16,22,26H,3,5-6,9,12,14,17-20H2,1-2H3,(H,34,36)/b13-4+/t22-,26+,31-,32?/m0/s1. The van der Waals surface area contributed by atoms with Gasteiger partial charge < -0.3 is 19.1 Å². The zero-order valence-electron chi connectivity index (χ0n) is 24.0. The first kappa shape index (κ1) is 28.2. The first-order chi connectivity index (χ1) is 20.0. The lowest BCUT2D eigenvalue weighted by atomic mass is 9.66. The number of hydrogen-bond donors (Lipinski definition) is 1. The molecule has 224 valence electrons. The molecule has 3 aliphatic heterocycles. The third kappa shape index (κ3) is 4.82. The number of nitrogens with zero attached hydrogens (tertiary/aromatic N) is 1. The van der Waals surface area contributed by atoms with E-state index in [1.54, 1.807) is 26.0 Å². The molecule has 2 fully saturated rings. The summed E-state index contributed by atoms with van der Waals surface area (Å²) in [7, 11) is -4.16. The molecular weight excluding hydrogens is 576 g/mol. The van der Waals surface area contributed by atoms with E-state index >= 15 is 0 Å². The molecule has 2 aromatic carbocycles. The van der Waals surface area contributed by atoms with Crippen LogP contribution < -0.4 is 14.4 Å². The zero-order chi connectivity index (χ0) is 29.3. The summed E-state index contributed by atoms with van der Waals surface area (Å²) in [5.74, 6) is 0.652. The smallest absolute Gasteiger partial charge is 0.265 e. The maximum Gasteiger partial charge on any atom is 0.265 e. The Kier molecular flexibility index (Phi) is 6.70. The molecule has 0 aromatic heterocycles. The monoisotopic (exact) mass is 612 g/mol. The van der Waals surface area contributed by atoms with Gasteiger partial charge in [0.25, 0.3) is 15.9 Å². The molecule has 2 spiro atoms. The van der Waals surface area contributed by atoms with Gasteiger partial charge in [0, 0.05) is 23.5 Å². The van der Waals surface area contributed by atoms with Crippen molar-refractivity contribution in [2.45, 2.75) is 67.5 Å². The summed E-state index contributed by atoms with van der Waals surface area (Å²) in [6, 6.07) is 11.1. The zero-order valence-corrected chi connectivity index (χ0v) is 25.6. The number of ether oxygens (including phenoxy) is 3. The largest absolute Gasteiger partial charge is 0.490 e. The lowest BCUT2D eigenvalue weighted by molar-refractivity contribution is -0.139. The number of rotatable bonds is 0. The van der Waals surface area contributed by atoms with E-state index in [2.05, 4.69) is 27.8 Å². The van der Waals surface area contributed by atoms with E-state index in [0.717, 1.165) is 49.4 Å². The van der Waals surface area contributed by atoms with Crippen molar-refractivity contribution in [1.29, 1.82) is 0 Å². The lowest BCUT2D eigenvalue weighted by Gasteiger charge is -2.45. The Labute approximate surface area is 252 Å². The highest BCUT2D eigenvalue weighted by atomic mass is 35.5. The van der Waals surface area contributed by atoms with Gasteiger partial charge in [0.15, 0.2) is 0 Å². The fraction of sp³-hybridized carbons (Fsp3) is 0.531. The molecule has 2 bridgehead atoms. The molecule has 1 saturated heterocycles. The van der Waals surface area contributed by atoms with Crippen LogP contribution in [0.5, 0.6) is 5.75 Å². The summed E-state index contributed by atoms with van der Waals surface area (Å²) in [4.78, 5) is 15.4. The maximum absolute atomic E-state index is 13.5. The van der Waals surface area contributed by atoms with Crippen molar-refractivity contribution in [3.8, 4) is 5.75 Å². The van der Waals surface area contributed by atoms with Crippen LogP contribution in [0.15, 0.2) is 53.4 Å². The van der Waals surface area contributed by atoms with Gasteiger partial charge in [-0.25, -0.2) is 13.1 Å². The van der Waals surface area contributed by atoms with E-state index in [4.69, 9.17) is 25.8 Å². The van der Waals surface area contributed by atoms with Crippen molar-refractivity contribution in [3.63, 3.8) is 0 Å². The van der Waals surface area contributed by atoms with E-state index in [-0.39, 0.29) is 22.5 Å². The second-order valence-electron chi connectivity index (χ2n) is 13.1. The Bertz CT molecular complexity index is 1570. The molecule has 1 unspecified atom stereocenters. The second-order valence-corrected chi connectivity index (χ2v) is 15.2. The molecular formula is C32H37ClN2O6S. The number of halogens is 1. The third-order valence-corrected chi connectivity index (χ3v) is 11.6. The fourth-order valence-electron chi connectivity index (χ4n) is 7.37. The molecule has 1 N–H and O–H groups in total. The number of carbonyl (C=O) groups is 1. The number of benzene rings is 2. The van der Waals surface area contributed by atoms with Gasteiger partial charge in [-0.15, -0.1) is 0 Å². The van der Waals surface area contributed by atoms with E-state index in [1.807, 2.05) is 12.1 Å². The van der Waals surface area contributed by atoms with Gasteiger partial charge in [-0.3, -0.25) is 4.79 Å². The van der Waals surface area contributed by atoms with Crippen LogP contribution in [0, 0.1) is 11.8 Å². The molecule has 8 nitrogen and oxygen atoms in total. The van der Waals surface area contributed by atoms with Crippen molar-refractivity contribution < 1.29 is 27.4 Å². The van der Waals surface area contributed by atoms with Crippen LogP contribution in [0.2, 0.25) is 5.02 Å². The molecule has 0 radical (unpaired) electrons. The number of fused-ring (bicyclic) bond motifs is 5. The van der Waals surface area contributed by atoms with Crippen LogP contribution in [-0.2, 0) is 36.1 Å². The van der Waals surface area contributed by atoms with E-state index < -0.39 is 21.5 Å². The summed E-state index contributed by atoms with van der Waals surface area (Å²) in [5.41, 5.74) is 1.33. The normalized spacial score (nSPS) is 33.8. The average molecular weight is 613 g/mol. The Morgan fingerprint density at radius 3 is 2.67 bits per heavy atom. The number of carbonyl (C=O) groups excluding carboxylic acids is 1. The number of anilines is 1. The topological polar surface area (TPSA) is 97.5 Å². The van der Waals surface area contributed by atoms with Gasteiger partial charge in [-0.1, -0.05) is 29.8 Å². The van der Waals surface area contributed by atoms with Gasteiger partial charge in [0.2, 0.25) is 0 Å². The molecule has 1 amide bonds. The van der Waals surface area contributed by atoms with Gasteiger partial charge in [0.05, 0.1) is 30.4 Å². The highest BCUT2D eigenvalue weighted by Crippen LogP contribution is 2.52. The van der Waals surface area contributed by atoms with Gasteiger partial charge >= 0.3 is 0 Å². The number of amides is 1. The van der Waals surface area contributed by atoms with Crippen LogP contribution in [0.3, 0.4) is 0 Å². The van der Waals surface area contributed by atoms with Crippen molar-refractivity contribution in [1.82, 2.24) is 4.72 Å². The average Bonchev–Trinajstić information content (AvgIpc) is 3.72. The van der Waals surface area contributed by atoms with Crippen LogP contribution in [-0.4, -0.2) is 58.4 Å². The Balaban J connectivity index is 1.32. The van der Waals surface area contributed by atoms with Crippen molar-refractivity contribution in [3.05, 3.63) is 64.7 Å². The Morgan fingerprint density at radius 2 is 1.90 bits per heavy atom. The minimum atomic E-state index is -4.16. The van der Waals surface area contributed by atoms with Gasteiger partial charge in [-0.2, -0.15) is 0 Å². The van der Waals surface area contributed by atoms with Crippen LogP contribution in [0.25, 0.3) is 0 Å². The van der Waals surface area contributed by atoms with Gasteiger partial charge in [-0.05, 0) is 99.2 Å². The van der Waals surface area contributed by atoms with Crippen LogP contribution in [0.1, 0.15) is 50.7 Å². The number of hydrogen-bond acceptors (Lipinski definition) is 7. The molecule has 2 aromatic rings. The molecule has 3 heterocycles. The summed E-state index contributed by atoms with van der Waals surface area (Å²) in [6.45, 7) is 5.93. The minimum absolute atomic E-state index is 0.0184. The molecule has 2 aliphatic carbocycles. The van der Waals surface area contributed by atoms with Crippen LogP contribution in [0.4, 0.5) is 5.69 Å². The number of sulfonamides is 1. The SMILES string of the molecule is CC1(C)OC/C=C/C2(CO2)[C@@H]2CC[C@H]2CN2C[C@@]3(CCCc4cc(Cl)ccc43)COc3ccc(cc32)S(=O)(=O)NC1=O. The second kappa shape index (κ2) is 9.97. The van der Waals surface area contributed by atoms with E-state index in [0.29, 0.717) is 37.3 Å². The number of nitrogens with one attached hydrogen (secondary N) is 1. The molecule has 5 aliphatic rings. The summed E-state index contributed by atoms with van der Waals surface area (Å²) < 4.78 is 47.6. The van der Waals surface area contributed by atoms with Crippen molar-refractivity contribution in [2.24, 2.45) is 11.8 Å². The predicted octanol–water partition coefficient (Wildman–Crippen LogP) is 4.78. The van der Waals surface area contributed by atoms with E-state index in [1.165, 1.54) is 17.2 Å². The van der Waals surface area contributed by atoms with E-state index in [9.17, 15) is 13.2 Å². The molecule has 1 saturated carbocycles. The third-order valence-electron chi connectivity index (χ3n) is 10.0. The summed E-state index contributed by atoms with van der Waals surface area (Å²) >= 11 is 6.40. The predicted molar refractivity (Wildman–Crippen MR) is 160 cm³/mol. The van der Waals surface area contributed by atoms with Crippen LogP contribution >= 0.6 is 11.6 Å². The highest BCUT2D eigenvalue weighted by molar-refractivity contribution is 7.90. The number of aryl methyl sites for hydroxylation is 1.